The van der Waals surface area contributed by atoms with Crippen molar-refractivity contribution in [3.8, 4) is 0 Å². The van der Waals surface area contributed by atoms with Crippen molar-refractivity contribution < 1.29 is 8.76 Å². The van der Waals surface area contributed by atoms with Crippen molar-refractivity contribution in [1.82, 2.24) is 9.62 Å². The van der Waals surface area contributed by atoms with Crippen molar-refractivity contribution in [3.05, 3.63) is 23.5 Å². The van der Waals surface area contributed by atoms with Gasteiger partial charge in [0, 0.05) is 36.1 Å². The summed E-state index contributed by atoms with van der Waals surface area (Å²) in [6.45, 7) is 3.81. The second-order valence-electron chi connectivity index (χ2n) is 5.00. The van der Waals surface area contributed by atoms with Gasteiger partial charge in [0.1, 0.15) is 6.34 Å². The molecule has 5 N–H and O–H groups in total. The van der Waals surface area contributed by atoms with Gasteiger partial charge in [-0.05, 0) is 39.0 Å². The molecule has 0 aromatic heterocycles. The Labute approximate surface area is 127 Å². The van der Waals surface area contributed by atoms with E-state index in [4.69, 9.17) is 15.7 Å². The normalized spacial score (nSPS) is 25.2. The Morgan fingerprint density at radius 2 is 2.14 bits per heavy atom. The van der Waals surface area contributed by atoms with E-state index in [2.05, 4.69) is 14.6 Å². The average Bonchev–Trinajstić information content (AvgIpc) is 2.38. The van der Waals surface area contributed by atoms with E-state index in [0.29, 0.717) is 6.04 Å². The van der Waals surface area contributed by atoms with E-state index in [0.717, 1.165) is 36.2 Å². The first-order valence-electron chi connectivity index (χ1n) is 6.63. The molecule has 8 heteroatoms. The van der Waals surface area contributed by atoms with Gasteiger partial charge in [-0.25, -0.2) is 13.9 Å². The molecule has 1 rings (SSSR count). The van der Waals surface area contributed by atoms with Crippen molar-refractivity contribution in [2.45, 2.75) is 38.8 Å². The molecule has 1 atom stereocenters. The van der Waals surface area contributed by atoms with Crippen molar-refractivity contribution in [2.75, 3.05) is 7.05 Å². The highest BCUT2D eigenvalue weighted by molar-refractivity contribution is 7.77. The van der Waals surface area contributed by atoms with Gasteiger partial charge in [-0.2, -0.15) is 0 Å². The second kappa shape index (κ2) is 8.06. The third kappa shape index (κ3) is 4.76. The lowest BCUT2D eigenvalue weighted by atomic mass is 9.86. The molecular weight excluding hydrogens is 290 g/mol. The van der Waals surface area contributed by atoms with Gasteiger partial charge in [-0.15, -0.1) is 0 Å². The summed E-state index contributed by atoms with van der Waals surface area (Å²) < 4.78 is 22.1. The highest BCUT2D eigenvalue weighted by Crippen LogP contribution is 2.28. The largest absolute Gasteiger partial charge is 0.405 e. The summed E-state index contributed by atoms with van der Waals surface area (Å²) in [6.07, 6.45) is 5.84. The van der Waals surface area contributed by atoms with Gasteiger partial charge < -0.3 is 10.6 Å². The first-order valence-corrected chi connectivity index (χ1v) is 7.74. The number of aliphatic imine (C=N–C) groups is 1. The monoisotopic (exact) mass is 313 g/mol. The molecule has 0 aliphatic heterocycles. The Bertz CT molecular complexity index is 495. The van der Waals surface area contributed by atoms with E-state index >= 15 is 0 Å². The molecule has 1 unspecified atom stereocenters. The predicted octanol–water partition coefficient (Wildman–Crippen LogP) is 0.990. The molecule has 0 bridgehead atoms. The van der Waals surface area contributed by atoms with Crippen LogP contribution in [0.25, 0.3) is 0 Å². The molecule has 0 amide bonds. The zero-order valence-electron chi connectivity index (χ0n) is 12.5. The van der Waals surface area contributed by atoms with Crippen LogP contribution >= 0.6 is 0 Å². The summed E-state index contributed by atoms with van der Waals surface area (Å²) >= 11 is -1.96. The van der Waals surface area contributed by atoms with Gasteiger partial charge >= 0.3 is 0 Å². The second-order valence-corrected chi connectivity index (χ2v) is 5.74. The van der Waals surface area contributed by atoms with Gasteiger partial charge in [0.25, 0.3) is 0 Å². The zero-order valence-corrected chi connectivity index (χ0v) is 13.4. The predicted molar refractivity (Wildman–Crippen MR) is 86.4 cm³/mol. The van der Waals surface area contributed by atoms with E-state index in [1.165, 1.54) is 6.20 Å². The number of nitrogens with two attached hydrogens (primary N) is 1. The number of hydrogen-bond acceptors (Lipinski definition) is 4. The third-order valence-electron chi connectivity index (χ3n) is 3.76. The SMILES string of the molecule is CC(=NC=N)C(C=CN)=C(C)N(C)C1CC(NS(=O)O)C1. The van der Waals surface area contributed by atoms with Gasteiger partial charge in [0.15, 0.2) is 0 Å². The quantitative estimate of drug-likeness (QED) is 0.243. The van der Waals surface area contributed by atoms with Crippen LogP contribution in [0, 0.1) is 5.41 Å². The van der Waals surface area contributed by atoms with Gasteiger partial charge in [0.2, 0.25) is 11.3 Å². The van der Waals surface area contributed by atoms with E-state index in [1.54, 1.807) is 6.08 Å². The number of hydrogen-bond donors (Lipinski definition) is 4. The topological polar surface area (TPSA) is 115 Å². The van der Waals surface area contributed by atoms with Gasteiger partial charge in [0.05, 0.1) is 0 Å². The molecule has 0 aromatic rings. The Morgan fingerprint density at radius 3 is 2.62 bits per heavy atom. The summed E-state index contributed by atoms with van der Waals surface area (Å²) in [7, 11) is 1.98. The maximum atomic E-state index is 10.7. The van der Waals surface area contributed by atoms with E-state index in [-0.39, 0.29) is 6.04 Å². The van der Waals surface area contributed by atoms with E-state index < -0.39 is 11.3 Å². The Kier molecular flexibility index (Phi) is 6.73. The highest BCUT2D eigenvalue weighted by atomic mass is 32.2. The number of rotatable bonds is 7. The fourth-order valence-corrected chi connectivity index (χ4v) is 2.85. The standard InChI is InChI=1S/C13H23N5O2S/c1-9(16-8-15)13(4-5-14)10(2)18(3)12-6-11(7-12)17-21(19)20/h4-5,8,11-12,15,17H,6-7,14H2,1-3H3,(H,19,20). The van der Waals surface area contributed by atoms with Crippen LogP contribution in [-0.2, 0) is 11.3 Å². The summed E-state index contributed by atoms with van der Waals surface area (Å²) in [6, 6.07) is 0.376. The summed E-state index contributed by atoms with van der Waals surface area (Å²) in [5, 5.41) is 7.07. The minimum absolute atomic E-state index is 0.0703. The highest BCUT2D eigenvalue weighted by Gasteiger charge is 2.33. The van der Waals surface area contributed by atoms with Crippen LogP contribution in [0.15, 0.2) is 28.5 Å². The van der Waals surface area contributed by atoms with Gasteiger partial charge in [-0.1, -0.05) is 0 Å². The minimum atomic E-state index is -1.96. The molecule has 21 heavy (non-hydrogen) atoms. The average molecular weight is 313 g/mol. The van der Waals surface area contributed by atoms with Crippen LogP contribution in [0.4, 0.5) is 0 Å². The smallest absolute Gasteiger partial charge is 0.231 e. The molecule has 1 aliphatic carbocycles. The lowest BCUT2D eigenvalue weighted by Crippen LogP contribution is -2.51. The van der Waals surface area contributed by atoms with Crippen LogP contribution in [0.5, 0.6) is 0 Å². The van der Waals surface area contributed by atoms with Crippen LogP contribution in [0.1, 0.15) is 26.7 Å². The van der Waals surface area contributed by atoms with E-state index in [1.807, 2.05) is 20.9 Å². The summed E-state index contributed by atoms with van der Waals surface area (Å²) in [5.74, 6) is 0. The first-order chi connectivity index (χ1) is 9.90. The Hall–Kier alpha value is -1.51. The van der Waals surface area contributed by atoms with Crippen molar-refractivity contribution in [2.24, 2.45) is 10.7 Å². The van der Waals surface area contributed by atoms with E-state index in [9.17, 15) is 4.21 Å². The van der Waals surface area contributed by atoms with Crippen LogP contribution < -0.4 is 10.5 Å². The number of allylic oxidation sites excluding steroid dienone is 3. The molecule has 1 aliphatic rings. The molecule has 0 spiro atoms. The first kappa shape index (κ1) is 17.5. The van der Waals surface area contributed by atoms with Crippen molar-refractivity contribution >= 4 is 23.3 Å². The molecule has 1 saturated carbocycles. The lowest BCUT2D eigenvalue weighted by Gasteiger charge is -2.42. The molecule has 0 aromatic carbocycles. The lowest BCUT2D eigenvalue weighted by molar-refractivity contribution is 0.165. The molecule has 118 valence electrons. The fourth-order valence-electron chi connectivity index (χ4n) is 2.37. The van der Waals surface area contributed by atoms with Crippen molar-refractivity contribution in [1.29, 1.82) is 5.41 Å². The Balaban J connectivity index is 2.81. The molecule has 0 heterocycles. The Morgan fingerprint density at radius 1 is 1.52 bits per heavy atom. The molecule has 0 radical (unpaired) electrons. The molecular formula is C13H23N5O2S. The van der Waals surface area contributed by atoms with Crippen LogP contribution in [-0.4, -0.2) is 44.8 Å². The summed E-state index contributed by atoms with van der Waals surface area (Å²) in [4.78, 5) is 6.11. The minimum Gasteiger partial charge on any atom is -0.405 e. The number of nitrogens with zero attached hydrogens (tertiary/aromatic N) is 2. The zero-order chi connectivity index (χ0) is 16.0. The molecule has 7 nitrogen and oxygen atoms in total. The van der Waals surface area contributed by atoms with Gasteiger partial charge in [-0.3, -0.25) is 9.96 Å². The maximum Gasteiger partial charge on any atom is 0.231 e. The van der Waals surface area contributed by atoms with Crippen LogP contribution in [0.2, 0.25) is 0 Å². The fraction of sp³-hybridized carbons (Fsp3) is 0.538. The third-order valence-corrected chi connectivity index (χ3v) is 4.29. The molecule has 0 saturated heterocycles. The summed E-state index contributed by atoms with van der Waals surface area (Å²) in [5.41, 5.74) is 8.10. The maximum absolute atomic E-state index is 10.7. The van der Waals surface area contributed by atoms with Crippen molar-refractivity contribution in [3.63, 3.8) is 0 Å². The number of nitrogens with one attached hydrogen (secondary N) is 2. The molecule has 1 fully saturated rings. The van der Waals surface area contributed by atoms with Crippen LogP contribution in [0.3, 0.4) is 0 Å².